The fourth-order valence-corrected chi connectivity index (χ4v) is 4.65. The molecule has 1 heterocycles. The molecule has 2 aromatic rings. The van der Waals surface area contributed by atoms with Gasteiger partial charge in [0, 0.05) is 47.8 Å². The number of hydrogen-bond donors (Lipinski definition) is 0. The van der Waals surface area contributed by atoms with Gasteiger partial charge >= 0.3 is 6.18 Å². The predicted octanol–water partition coefficient (Wildman–Crippen LogP) is 5.78. The Balaban J connectivity index is 1.86. The molecule has 0 spiro atoms. The number of nitrogens with zero attached hydrogens (tertiary/aromatic N) is 2. The van der Waals surface area contributed by atoms with Crippen molar-refractivity contribution in [3.05, 3.63) is 81.0 Å². The van der Waals surface area contributed by atoms with Crippen LogP contribution in [0.3, 0.4) is 0 Å². The molecule has 0 radical (unpaired) electrons. The van der Waals surface area contributed by atoms with Crippen LogP contribution in [0.15, 0.2) is 59.8 Å². The average molecular weight is 458 g/mol. The molecule has 1 aliphatic heterocycles. The van der Waals surface area contributed by atoms with E-state index in [0.29, 0.717) is 23.3 Å². The van der Waals surface area contributed by atoms with Crippen LogP contribution in [0, 0.1) is 15.5 Å². The topological polar surface area (TPSA) is 80.5 Å². The first-order valence-corrected chi connectivity index (χ1v) is 10.4. The Bertz CT molecular complexity index is 1180. The lowest BCUT2D eigenvalue weighted by atomic mass is 9.69. The van der Waals surface area contributed by atoms with Crippen molar-refractivity contribution in [2.75, 3.05) is 4.90 Å². The van der Waals surface area contributed by atoms with Gasteiger partial charge in [-0.2, -0.15) is 13.2 Å². The lowest BCUT2D eigenvalue weighted by molar-refractivity contribution is -0.384. The van der Waals surface area contributed by atoms with Crippen LogP contribution in [0.4, 0.5) is 24.5 Å². The fraction of sp³-hybridized carbons (Fsp3) is 0.333. The standard InChI is InChI=1S/C24H21F3N2O4/c1-23(2)12-19-22(20(30)13-23)18(14-6-8-16(9-7-14)29(32)33)11-21(31)28(19)17-5-3-4-15(10-17)24(25,26)27/h3-10,18H,11-13H2,1-2H3. The minimum Gasteiger partial charge on any atom is -0.294 e. The van der Waals surface area contributed by atoms with E-state index in [2.05, 4.69) is 0 Å². The Kier molecular flexibility index (Phi) is 5.38. The Morgan fingerprint density at radius 3 is 2.33 bits per heavy atom. The minimum atomic E-state index is -4.57. The van der Waals surface area contributed by atoms with E-state index in [4.69, 9.17) is 0 Å². The van der Waals surface area contributed by atoms with Crippen LogP contribution in [0.5, 0.6) is 0 Å². The number of hydrogen-bond acceptors (Lipinski definition) is 4. The maximum Gasteiger partial charge on any atom is 0.416 e. The number of carbonyl (C=O) groups excluding carboxylic acids is 2. The molecule has 1 unspecified atom stereocenters. The molecule has 2 aromatic carbocycles. The Hall–Kier alpha value is -3.49. The molecule has 0 aromatic heterocycles. The van der Waals surface area contributed by atoms with E-state index in [-0.39, 0.29) is 30.0 Å². The zero-order valence-electron chi connectivity index (χ0n) is 18.0. The quantitative estimate of drug-likeness (QED) is 0.432. The van der Waals surface area contributed by atoms with Crippen molar-refractivity contribution in [1.29, 1.82) is 0 Å². The summed E-state index contributed by atoms with van der Waals surface area (Å²) in [4.78, 5) is 38.2. The number of Topliss-reactive ketones (excluding diaryl/α,β-unsaturated/α-hetero) is 1. The molecule has 0 fully saturated rings. The third-order valence-electron chi connectivity index (χ3n) is 6.08. The molecular formula is C24H21F3N2O4. The maximum atomic E-state index is 13.3. The van der Waals surface area contributed by atoms with Crippen molar-refractivity contribution in [2.45, 2.75) is 45.2 Å². The molecule has 9 heteroatoms. The number of amides is 1. The number of halogens is 3. The Morgan fingerprint density at radius 2 is 1.73 bits per heavy atom. The van der Waals surface area contributed by atoms with Crippen molar-refractivity contribution in [1.82, 2.24) is 0 Å². The number of rotatable bonds is 3. The third-order valence-corrected chi connectivity index (χ3v) is 6.08. The van der Waals surface area contributed by atoms with Crippen molar-refractivity contribution >= 4 is 23.1 Å². The number of ketones is 1. The second-order valence-electron chi connectivity index (χ2n) is 9.18. The van der Waals surface area contributed by atoms with E-state index < -0.39 is 33.9 Å². The van der Waals surface area contributed by atoms with Gasteiger partial charge in [-0.15, -0.1) is 0 Å². The number of benzene rings is 2. The summed E-state index contributed by atoms with van der Waals surface area (Å²) in [5.41, 5.74) is -0.0397. The van der Waals surface area contributed by atoms with E-state index in [1.807, 2.05) is 13.8 Å². The SMILES string of the molecule is CC1(C)CC(=O)C2=C(C1)N(c1cccc(C(F)(F)F)c1)C(=O)CC2c1ccc([N+](=O)[O-])cc1. The summed E-state index contributed by atoms with van der Waals surface area (Å²) in [5.74, 6) is -1.21. The molecule has 0 saturated heterocycles. The normalized spacial score (nSPS) is 20.6. The van der Waals surface area contributed by atoms with Gasteiger partial charge in [-0.3, -0.25) is 24.6 Å². The van der Waals surface area contributed by atoms with Gasteiger partial charge in [-0.05, 0) is 35.6 Å². The molecule has 0 bridgehead atoms. The minimum absolute atomic E-state index is 0.0648. The smallest absolute Gasteiger partial charge is 0.294 e. The van der Waals surface area contributed by atoms with Crippen molar-refractivity contribution in [2.24, 2.45) is 5.41 Å². The highest BCUT2D eigenvalue weighted by Gasteiger charge is 2.44. The molecule has 1 amide bonds. The Labute approximate surface area is 187 Å². The number of nitro groups is 1. The Morgan fingerprint density at radius 1 is 1.06 bits per heavy atom. The van der Waals surface area contributed by atoms with Gasteiger partial charge in [0.1, 0.15) is 0 Å². The largest absolute Gasteiger partial charge is 0.416 e. The lowest BCUT2D eigenvalue weighted by Crippen LogP contribution is -2.43. The summed E-state index contributed by atoms with van der Waals surface area (Å²) in [7, 11) is 0. The number of anilines is 1. The number of non-ortho nitro benzene ring substituents is 1. The number of nitro benzene ring substituents is 1. The van der Waals surface area contributed by atoms with Crippen molar-refractivity contribution in [3.63, 3.8) is 0 Å². The van der Waals surface area contributed by atoms with Crippen LogP contribution < -0.4 is 4.90 Å². The predicted molar refractivity (Wildman–Crippen MR) is 114 cm³/mol. The van der Waals surface area contributed by atoms with E-state index in [1.165, 1.54) is 41.3 Å². The fourth-order valence-electron chi connectivity index (χ4n) is 4.65. The summed E-state index contributed by atoms with van der Waals surface area (Å²) in [6.07, 6.45) is -4.13. The van der Waals surface area contributed by atoms with E-state index >= 15 is 0 Å². The lowest BCUT2D eigenvalue weighted by Gasteiger charge is -2.43. The number of allylic oxidation sites excluding steroid dienone is 2. The molecule has 1 aliphatic carbocycles. The van der Waals surface area contributed by atoms with Crippen LogP contribution in [0.1, 0.15) is 50.2 Å². The van der Waals surface area contributed by atoms with Crippen LogP contribution in [-0.2, 0) is 15.8 Å². The molecule has 2 aliphatic rings. The molecular weight excluding hydrogens is 437 g/mol. The van der Waals surface area contributed by atoms with Gasteiger partial charge in [0.05, 0.1) is 10.5 Å². The van der Waals surface area contributed by atoms with Crippen LogP contribution in [-0.4, -0.2) is 16.6 Å². The second-order valence-corrected chi connectivity index (χ2v) is 9.18. The maximum absolute atomic E-state index is 13.3. The van der Waals surface area contributed by atoms with Crippen LogP contribution >= 0.6 is 0 Å². The molecule has 1 atom stereocenters. The van der Waals surface area contributed by atoms with Crippen LogP contribution in [0.2, 0.25) is 0 Å². The molecule has 6 nitrogen and oxygen atoms in total. The first kappa shape index (κ1) is 22.7. The zero-order chi connectivity index (χ0) is 24.1. The van der Waals surface area contributed by atoms with Crippen LogP contribution in [0.25, 0.3) is 0 Å². The average Bonchev–Trinajstić information content (AvgIpc) is 2.71. The number of carbonyl (C=O) groups is 2. The molecule has 33 heavy (non-hydrogen) atoms. The molecule has 0 N–H and O–H groups in total. The van der Waals surface area contributed by atoms with Crippen molar-refractivity contribution in [3.8, 4) is 0 Å². The highest BCUT2D eigenvalue weighted by molar-refractivity contribution is 6.07. The molecule has 0 saturated carbocycles. The van der Waals surface area contributed by atoms with Gasteiger partial charge < -0.3 is 0 Å². The number of alkyl halides is 3. The molecule has 172 valence electrons. The summed E-state index contributed by atoms with van der Waals surface area (Å²) >= 11 is 0. The van der Waals surface area contributed by atoms with E-state index in [9.17, 15) is 32.9 Å². The highest BCUT2D eigenvalue weighted by atomic mass is 19.4. The summed E-state index contributed by atoms with van der Waals surface area (Å²) < 4.78 is 39.9. The molecule has 4 rings (SSSR count). The van der Waals surface area contributed by atoms with Crippen molar-refractivity contribution < 1.29 is 27.7 Å². The highest BCUT2D eigenvalue weighted by Crippen LogP contribution is 2.48. The second kappa shape index (κ2) is 7.83. The van der Waals surface area contributed by atoms with E-state index in [0.717, 1.165) is 12.1 Å². The van der Waals surface area contributed by atoms with Gasteiger partial charge in [0.25, 0.3) is 5.69 Å². The van der Waals surface area contributed by atoms with Gasteiger partial charge in [0.2, 0.25) is 5.91 Å². The van der Waals surface area contributed by atoms with Gasteiger partial charge in [-0.25, -0.2) is 0 Å². The first-order valence-electron chi connectivity index (χ1n) is 10.4. The summed E-state index contributed by atoms with van der Waals surface area (Å²) in [6, 6.07) is 10.2. The zero-order valence-corrected chi connectivity index (χ0v) is 18.0. The monoisotopic (exact) mass is 458 g/mol. The summed E-state index contributed by atoms with van der Waals surface area (Å²) in [5, 5.41) is 11.0. The van der Waals surface area contributed by atoms with E-state index in [1.54, 1.807) is 0 Å². The first-order chi connectivity index (χ1) is 15.4. The van der Waals surface area contributed by atoms with Gasteiger partial charge in [0.15, 0.2) is 5.78 Å². The summed E-state index contributed by atoms with van der Waals surface area (Å²) in [6.45, 7) is 3.75. The third kappa shape index (κ3) is 4.27. The van der Waals surface area contributed by atoms with Gasteiger partial charge in [-0.1, -0.05) is 32.0 Å².